The average molecular weight is 435 g/mol. The molecule has 0 radical (unpaired) electrons. The number of hydrogen-bond acceptors (Lipinski definition) is 4. The Morgan fingerprint density at radius 2 is 1.90 bits per heavy atom. The number of carbonyl (C=O) groups is 1. The highest BCUT2D eigenvalue weighted by molar-refractivity contribution is 7.89. The lowest BCUT2D eigenvalue weighted by Gasteiger charge is -2.25. The molecule has 3 rings (SSSR count). The first-order valence-electron chi connectivity index (χ1n) is 11.2. The third-order valence-electron chi connectivity index (χ3n) is 5.83. The zero-order valence-corrected chi connectivity index (χ0v) is 19.0. The molecule has 0 aliphatic carbocycles. The summed E-state index contributed by atoms with van der Waals surface area (Å²) >= 11 is 0. The van der Waals surface area contributed by atoms with Crippen molar-refractivity contribution in [3.63, 3.8) is 0 Å². The Bertz CT molecular complexity index is 962. The van der Waals surface area contributed by atoms with Crippen LogP contribution in [-0.4, -0.2) is 47.8 Å². The summed E-state index contributed by atoms with van der Waals surface area (Å²) in [4.78, 5) is 17.0. The fourth-order valence-electron chi connectivity index (χ4n) is 3.96. The number of fused-ring (bicyclic) bond motifs is 1. The fourth-order valence-corrected chi connectivity index (χ4v) is 5.50. The van der Waals surface area contributed by atoms with Gasteiger partial charge in [0.1, 0.15) is 5.82 Å². The van der Waals surface area contributed by atoms with E-state index in [4.69, 9.17) is 0 Å². The summed E-state index contributed by atoms with van der Waals surface area (Å²) in [6, 6.07) is 5.15. The second-order valence-corrected chi connectivity index (χ2v) is 10.1. The van der Waals surface area contributed by atoms with Gasteiger partial charge in [0.2, 0.25) is 15.9 Å². The molecule has 1 aromatic heterocycles. The SMILES string of the molecule is CCCCCCNC(=O)CCc1nc2cc(S(=O)(=O)N3CCCCC3)ccc2n1C. The average Bonchev–Trinajstić information content (AvgIpc) is 3.07. The van der Waals surface area contributed by atoms with Gasteiger partial charge in [0, 0.05) is 39.5 Å². The maximum atomic E-state index is 12.9. The molecule has 1 saturated heterocycles. The van der Waals surface area contributed by atoms with E-state index in [-0.39, 0.29) is 5.91 Å². The highest BCUT2D eigenvalue weighted by atomic mass is 32.2. The van der Waals surface area contributed by atoms with Crippen LogP contribution in [0.3, 0.4) is 0 Å². The number of carbonyl (C=O) groups excluding carboxylic acids is 1. The van der Waals surface area contributed by atoms with Crippen LogP contribution in [0.15, 0.2) is 23.1 Å². The van der Waals surface area contributed by atoms with Crippen molar-refractivity contribution in [1.29, 1.82) is 0 Å². The molecular weight excluding hydrogens is 400 g/mol. The molecule has 0 atom stereocenters. The molecule has 1 aliphatic heterocycles. The van der Waals surface area contributed by atoms with Crippen LogP contribution in [0, 0.1) is 0 Å². The minimum absolute atomic E-state index is 0.0342. The lowest BCUT2D eigenvalue weighted by Crippen LogP contribution is -2.35. The molecule has 1 aromatic carbocycles. The van der Waals surface area contributed by atoms with Gasteiger partial charge in [-0.05, 0) is 37.5 Å². The van der Waals surface area contributed by atoms with Crippen LogP contribution in [0.4, 0.5) is 0 Å². The molecule has 7 nitrogen and oxygen atoms in total. The Labute approximate surface area is 179 Å². The van der Waals surface area contributed by atoms with E-state index >= 15 is 0 Å². The van der Waals surface area contributed by atoms with Crippen molar-refractivity contribution in [2.45, 2.75) is 69.6 Å². The van der Waals surface area contributed by atoms with Crippen molar-refractivity contribution in [3.8, 4) is 0 Å². The van der Waals surface area contributed by atoms with Crippen LogP contribution in [0.25, 0.3) is 11.0 Å². The molecule has 0 spiro atoms. The van der Waals surface area contributed by atoms with Gasteiger partial charge >= 0.3 is 0 Å². The van der Waals surface area contributed by atoms with Gasteiger partial charge in [-0.2, -0.15) is 4.31 Å². The molecule has 0 unspecified atom stereocenters. The van der Waals surface area contributed by atoms with Crippen LogP contribution in [-0.2, 0) is 28.3 Å². The van der Waals surface area contributed by atoms with Crippen molar-refractivity contribution in [2.24, 2.45) is 7.05 Å². The van der Waals surface area contributed by atoms with Gasteiger partial charge < -0.3 is 9.88 Å². The molecule has 8 heteroatoms. The van der Waals surface area contributed by atoms with Gasteiger partial charge in [-0.1, -0.05) is 32.6 Å². The quantitative estimate of drug-likeness (QED) is 0.581. The summed E-state index contributed by atoms with van der Waals surface area (Å²) in [5.41, 5.74) is 1.54. The largest absolute Gasteiger partial charge is 0.356 e. The summed E-state index contributed by atoms with van der Waals surface area (Å²) in [5, 5.41) is 2.97. The molecule has 2 aromatic rings. The van der Waals surface area contributed by atoms with E-state index in [9.17, 15) is 13.2 Å². The summed E-state index contributed by atoms with van der Waals surface area (Å²) in [6.07, 6.45) is 8.36. The highest BCUT2D eigenvalue weighted by Crippen LogP contribution is 2.24. The minimum atomic E-state index is -3.48. The molecule has 0 saturated carbocycles. The number of nitrogens with zero attached hydrogens (tertiary/aromatic N) is 3. The first-order chi connectivity index (χ1) is 14.4. The number of amides is 1. The van der Waals surface area contributed by atoms with Crippen LogP contribution >= 0.6 is 0 Å². The molecule has 1 amide bonds. The van der Waals surface area contributed by atoms with E-state index in [2.05, 4.69) is 17.2 Å². The number of rotatable bonds is 10. The van der Waals surface area contributed by atoms with E-state index in [0.717, 1.165) is 50.0 Å². The van der Waals surface area contributed by atoms with Crippen molar-refractivity contribution >= 4 is 27.0 Å². The van der Waals surface area contributed by atoms with Crippen LogP contribution in [0.1, 0.15) is 64.1 Å². The predicted molar refractivity (Wildman–Crippen MR) is 119 cm³/mol. The third kappa shape index (κ3) is 5.40. The first-order valence-corrected chi connectivity index (χ1v) is 12.6. The molecule has 2 heterocycles. The number of nitrogens with one attached hydrogen (secondary N) is 1. The second kappa shape index (κ2) is 10.4. The topological polar surface area (TPSA) is 84.3 Å². The zero-order valence-electron chi connectivity index (χ0n) is 18.2. The predicted octanol–water partition coefficient (Wildman–Crippen LogP) is 3.38. The molecule has 166 valence electrons. The first kappa shape index (κ1) is 22.7. The number of sulfonamides is 1. The van der Waals surface area contributed by atoms with E-state index in [1.807, 2.05) is 17.7 Å². The molecule has 1 fully saturated rings. The number of aryl methyl sites for hydroxylation is 2. The number of imidazole rings is 1. The minimum Gasteiger partial charge on any atom is -0.356 e. The molecular formula is C22H34N4O3S. The summed E-state index contributed by atoms with van der Waals surface area (Å²) < 4.78 is 29.4. The zero-order chi connectivity index (χ0) is 21.6. The van der Waals surface area contributed by atoms with Gasteiger partial charge in [0.05, 0.1) is 15.9 Å². The Morgan fingerprint density at radius 1 is 1.13 bits per heavy atom. The normalized spacial score (nSPS) is 15.5. The van der Waals surface area contributed by atoms with Crippen molar-refractivity contribution in [1.82, 2.24) is 19.2 Å². The monoisotopic (exact) mass is 434 g/mol. The molecule has 1 N–H and O–H groups in total. The molecule has 0 bridgehead atoms. The van der Waals surface area contributed by atoms with Crippen molar-refractivity contribution < 1.29 is 13.2 Å². The Morgan fingerprint density at radius 3 is 2.63 bits per heavy atom. The van der Waals surface area contributed by atoms with Gasteiger partial charge in [-0.3, -0.25) is 4.79 Å². The number of piperidine rings is 1. The van der Waals surface area contributed by atoms with E-state index in [0.29, 0.717) is 36.3 Å². The van der Waals surface area contributed by atoms with Crippen molar-refractivity contribution in [3.05, 3.63) is 24.0 Å². The van der Waals surface area contributed by atoms with Gasteiger partial charge in [0.25, 0.3) is 0 Å². The number of unbranched alkanes of at least 4 members (excludes halogenated alkanes) is 3. The second-order valence-electron chi connectivity index (χ2n) is 8.11. The van der Waals surface area contributed by atoms with Gasteiger partial charge in [-0.15, -0.1) is 0 Å². The summed E-state index contributed by atoms with van der Waals surface area (Å²) in [6.45, 7) is 4.06. The standard InChI is InChI=1S/C22H34N4O3S/c1-3-4-5-7-14-23-22(27)13-12-21-24-19-17-18(10-11-20(19)25(21)2)30(28,29)26-15-8-6-9-16-26/h10-11,17H,3-9,12-16H2,1-2H3,(H,23,27). The lowest BCUT2D eigenvalue weighted by molar-refractivity contribution is -0.121. The van der Waals surface area contributed by atoms with Gasteiger partial charge in [-0.25, -0.2) is 13.4 Å². The summed E-state index contributed by atoms with van der Waals surface area (Å²) in [7, 11) is -1.57. The highest BCUT2D eigenvalue weighted by Gasteiger charge is 2.26. The Balaban J connectivity index is 1.65. The lowest BCUT2D eigenvalue weighted by atomic mass is 10.2. The van der Waals surface area contributed by atoms with Crippen LogP contribution in [0.2, 0.25) is 0 Å². The maximum absolute atomic E-state index is 12.9. The van der Waals surface area contributed by atoms with Crippen LogP contribution < -0.4 is 5.32 Å². The summed E-state index contributed by atoms with van der Waals surface area (Å²) in [5.74, 6) is 0.825. The van der Waals surface area contributed by atoms with E-state index in [1.165, 1.54) is 12.8 Å². The third-order valence-corrected chi connectivity index (χ3v) is 7.72. The van der Waals surface area contributed by atoms with E-state index in [1.54, 1.807) is 16.4 Å². The smallest absolute Gasteiger partial charge is 0.243 e. The number of benzene rings is 1. The van der Waals surface area contributed by atoms with Gasteiger partial charge in [0.15, 0.2) is 0 Å². The van der Waals surface area contributed by atoms with E-state index < -0.39 is 10.0 Å². The van der Waals surface area contributed by atoms with Crippen molar-refractivity contribution in [2.75, 3.05) is 19.6 Å². The Kier molecular flexibility index (Phi) is 7.88. The number of hydrogen-bond donors (Lipinski definition) is 1. The maximum Gasteiger partial charge on any atom is 0.243 e. The molecule has 1 aliphatic rings. The van der Waals surface area contributed by atoms with Crippen LogP contribution in [0.5, 0.6) is 0 Å². The fraction of sp³-hybridized carbons (Fsp3) is 0.636. The number of aromatic nitrogens is 2. The Hall–Kier alpha value is -1.93. The molecule has 30 heavy (non-hydrogen) atoms.